The Morgan fingerprint density at radius 2 is 2.10 bits per heavy atom. The number of carboxylic acid groups (broad SMARTS) is 1. The highest BCUT2D eigenvalue weighted by Gasteiger charge is 2.35. The molecule has 1 saturated heterocycles. The summed E-state index contributed by atoms with van der Waals surface area (Å²) in [5, 5.41) is 11.5. The standard InChI is InChI=1S/C13H13IN2O4/c14-9-4-2-1-3-8(9)13(20)16-6-5-15-12(19)10(16)7-11(17)18/h1-4,10H,5-7H2,(H,15,19)(H,17,18). The van der Waals surface area contributed by atoms with Gasteiger partial charge in [-0.25, -0.2) is 0 Å². The van der Waals surface area contributed by atoms with Gasteiger partial charge in [0.15, 0.2) is 0 Å². The van der Waals surface area contributed by atoms with Gasteiger partial charge >= 0.3 is 5.97 Å². The molecule has 1 unspecified atom stereocenters. The van der Waals surface area contributed by atoms with Crippen LogP contribution in [0.3, 0.4) is 0 Å². The van der Waals surface area contributed by atoms with Gasteiger partial charge in [0.05, 0.1) is 12.0 Å². The summed E-state index contributed by atoms with van der Waals surface area (Å²) in [6.45, 7) is 0.650. The summed E-state index contributed by atoms with van der Waals surface area (Å²) in [4.78, 5) is 36.5. The monoisotopic (exact) mass is 388 g/mol. The van der Waals surface area contributed by atoms with Crippen LogP contribution in [-0.2, 0) is 9.59 Å². The second kappa shape index (κ2) is 6.21. The average Bonchev–Trinajstić information content (AvgIpc) is 2.40. The molecule has 1 aliphatic heterocycles. The number of rotatable bonds is 3. The molecule has 0 bridgehead atoms. The van der Waals surface area contributed by atoms with E-state index in [2.05, 4.69) is 5.32 Å². The second-order valence-electron chi connectivity index (χ2n) is 4.38. The largest absolute Gasteiger partial charge is 0.481 e. The van der Waals surface area contributed by atoms with Gasteiger partial charge in [0.2, 0.25) is 5.91 Å². The Kier molecular flexibility index (Phi) is 4.58. The third-order valence-corrected chi connectivity index (χ3v) is 4.00. The van der Waals surface area contributed by atoms with E-state index in [1.807, 2.05) is 28.7 Å². The quantitative estimate of drug-likeness (QED) is 0.747. The van der Waals surface area contributed by atoms with Crippen LogP contribution in [0.25, 0.3) is 0 Å². The molecule has 1 fully saturated rings. The maximum atomic E-state index is 12.5. The Labute approximate surface area is 129 Å². The highest BCUT2D eigenvalue weighted by Crippen LogP contribution is 2.18. The molecule has 0 aromatic heterocycles. The minimum absolute atomic E-state index is 0.309. The third-order valence-electron chi connectivity index (χ3n) is 3.06. The summed E-state index contributed by atoms with van der Waals surface area (Å²) in [5.41, 5.74) is 0.484. The number of aliphatic carboxylic acids is 1. The highest BCUT2D eigenvalue weighted by molar-refractivity contribution is 14.1. The molecular weight excluding hydrogens is 375 g/mol. The zero-order chi connectivity index (χ0) is 14.7. The molecule has 2 amide bonds. The number of hydrogen-bond donors (Lipinski definition) is 2. The van der Waals surface area contributed by atoms with Crippen molar-refractivity contribution in [3.8, 4) is 0 Å². The molecule has 1 aliphatic rings. The minimum Gasteiger partial charge on any atom is -0.481 e. The maximum Gasteiger partial charge on any atom is 0.305 e. The van der Waals surface area contributed by atoms with E-state index in [4.69, 9.17) is 5.11 Å². The van der Waals surface area contributed by atoms with Gasteiger partial charge in [-0.1, -0.05) is 12.1 Å². The first-order valence-electron chi connectivity index (χ1n) is 6.05. The molecule has 7 heteroatoms. The number of amides is 2. The highest BCUT2D eigenvalue weighted by atomic mass is 127. The summed E-state index contributed by atoms with van der Waals surface area (Å²) >= 11 is 2.05. The van der Waals surface area contributed by atoms with Crippen molar-refractivity contribution in [3.63, 3.8) is 0 Å². The molecule has 0 radical (unpaired) electrons. The van der Waals surface area contributed by atoms with Gasteiger partial charge in [-0.05, 0) is 34.7 Å². The molecule has 1 aromatic rings. The Morgan fingerprint density at radius 3 is 2.75 bits per heavy atom. The number of halogens is 1. The number of nitrogens with one attached hydrogen (secondary N) is 1. The Bertz CT molecular complexity index is 561. The Hall–Kier alpha value is -1.64. The number of benzene rings is 1. The topological polar surface area (TPSA) is 86.7 Å². The summed E-state index contributed by atoms with van der Waals surface area (Å²) in [7, 11) is 0. The zero-order valence-corrected chi connectivity index (χ0v) is 12.7. The molecule has 2 rings (SSSR count). The van der Waals surface area contributed by atoms with Crippen LogP contribution in [0.4, 0.5) is 0 Å². The normalized spacial score (nSPS) is 18.6. The molecule has 6 nitrogen and oxygen atoms in total. The van der Waals surface area contributed by atoms with Gasteiger partial charge in [-0.3, -0.25) is 14.4 Å². The van der Waals surface area contributed by atoms with E-state index in [1.54, 1.807) is 18.2 Å². The lowest BCUT2D eigenvalue weighted by Gasteiger charge is -2.34. The van der Waals surface area contributed by atoms with Crippen molar-refractivity contribution in [2.75, 3.05) is 13.1 Å². The lowest BCUT2D eigenvalue weighted by Crippen LogP contribution is -2.57. The number of carbonyl (C=O) groups excluding carboxylic acids is 2. The smallest absolute Gasteiger partial charge is 0.305 e. The van der Waals surface area contributed by atoms with Crippen molar-refractivity contribution in [2.24, 2.45) is 0 Å². The molecule has 1 atom stereocenters. The first-order valence-corrected chi connectivity index (χ1v) is 7.13. The Morgan fingerprint density at radius 1 is 1.40 bits per heavy atom. The van der Waals surface area contributed by atoms with Crippen LogP contribution in [-0.4, -0.2) is 46.9 Å². The first kappa shape index (κ1) is 14.8. The fraction of sp³-hybridized carbons (Fsp3) is 0.308. The van der Waals surface area contributed by atoms with Crippen molar-refractivity contribution in [1.82, 2.24) is 10.2 Å². The average molecular weight is 388 g/mol. The first-order chi connectivity index (χ1) is 9.50. The lowest BCUT2D eigenvalue weighted by molar-refractivity contribution is -0.142. The molecule has 106 valence electrons. The van der Waals surface area contributed by atoms with Gasteiger partial charge in [0, 0.05) is 16.7 Å². The molecule has 2 N–H and O–H groups in total. The van der Waals surface area contributed by atoms with E-state index in [0.717, 1.165) is 3.57 Å². The number of carbonyl (C=O) groups is 3. The lowest BCUT2D eigenvalue weighted by atomic mass is 10.1. The molecule has 0 saturated carbocycles. The van der Waals surface area contributed by atoms with Crippen LogP contribution < -0.4 is 5.32 Å². The van der Waals surface area contributed by atoms with Gasteiger partial charge < -0.3 is 15.3 Å². The fourth-order valence-electron chi connectivity index (χ4n) is 2.12. The van der Waals surface area contributed by atoms with Gasteiger partial charge in [-0.15, -0.1) is 0 Å². The van der Waals surface area contributed by atoms with Crippen molar-refractivity contribution >= 4 is 40.4 Å². The van der Waals surface area contributed by atoms with Crippen LogP contribution in [0.2, 0.25) is 0 Å². The molecular formula is C13H13IN2O4. The van der Waals surface area contributed by atoms with E-state index < -0.39 is 17.9 Å². The predicted octanol–water partition coefficient (Wildman–Crippen LogP) is 0.707. The van der Waals surface area contributed by atoms with Gasteiger partial charge in [0.25, 0.3) is 5.91 Å². The Balaban J connectivity index is 2.28. The minimum atomic E-state index is -1.10. The molecule has 1 heterocycles. The van der Waals surface area contributed by atoms with Crippen LogP contribution in [0.1, 0.15) is 16.8 Å². The summed E-state index contributed by atoms with van der Waals surface area (Å²) < 4.78 is 0.773. The van der Waals surface area contributed by atoms with E-state index in [0.29, 0.717) is 18.7 Å². The predicted molar refractivity (Wildman–Crippen MR) is 79.2 cm³/mol. The van der Waals surface area contributed by atoms with Crippen LogP contribution in [0, 0.1) is 3.57 Å². The van der Waals surface area contributed by atoms with Gasteiger partial charge in [-0.2, -0.15) is 0 Å². The summed E-state index contributed by atoms with van der Waals surface area (Å²) in [6.07, 6.45) is -0.388. The van der Waals surface area contributed by atoms with Crippen molar-refractivity contribution in [3.05, 3.63) is 33.4 Å². The number of carboxylic acids is 1. The van der Waals surface area contributed by atoms with Crippen molar-refractivity contribution in [1.29, 1.82) is 0 Å². The molecule has 0 spiro atoms. The summed E-state index contributed by atoms with van der Waals surface area (Å²) in [5.74, 6) is -1.83. The molecule has 1 aromatic carbocycles. The van der Waals surface area contributed by atoms with E-state index >= 15 is 0 Å². The number of piperazine rings is 1. The van der Waals surface area contributed by atoms with Crippen LogP contribution in [0.5, 0.6) is 0 Å². The van der Waals surface area contributed by atoms with Crippen molar-refractivity contribution < 1.29 is 19.5 Å². The molecule has 20 heavy (non-hydrogen) atoms. The maximum absolute atomic E-state index is 12.5. The SMILES string of the molecule is O=C(O)CC1C(=O)NCCN1C(=O)c1ccccc1I. The summed E-state index contributed by atoms with van der Waals surface area (Å²) in [6, 6.07) is 6.07. The number of nitrogens with zero attached hydrogens (tertiary/aromatic N) is 1. The molecule has 0 aliphatic carbocycles. The second-order valence-corrected chi connectivity index (χ2v) is 5.55. The van der Waals surface area contributed by atoms with E-state index in [9.17, 15) is 14.4 Å². The third kappa shape index (κ3) is 3.09. The van der Waals surface area contributed by atoms with E-state index in [1.165, 1.54) is 4.90 Å². The fourth-order valence-corrected chi connectivity index (χ4v) is 2.73. The van der Waals surface area contributed by atoms with Gasteiger partial charge in [0.1, 0.15) is 6.04 Å². The van der Waals surface area contributed by atoms with Crippen molar-refractivity contribution in [2.45, 2.75) is 12.5 Å². The van der Waals surface area contributed by atoms with E-state index in [-0.39, 0.29) is 12.3 Å². The van der Waals surface area contributed by atoms with Crippen LogP contribution >= 0.6 is 22.6 Å². The van der Waals surface area contributed by atoms with Crippen LogP contribution in [0.15, 0.2) is 24.3 Å². The number of hydrogen-bond acceptors (Lipinski definition) is 3. The zero-order valence-electron chi connectivity index (χ0n) is 10.5.